The van der Waals surface area contributed by atoms with Crippen molar-refractivity contribution in [2.24, 2.45) is 11.8 Å². The third-order valence-electron chi connectivity index (χ3n) is 4.44. The molecule has 1 amide bonds. The predicted octanol–water partition coefficient (Wildman–Crippen LogP) is 4.03. The molecular weight excluding hydrogens is 266 g/mol. The summed E-state index contributed by atoms with van der Waals surface area (Å²) in [6, 6.07) is 8.71. The van der Waals surface area contributed by atoms with E-state index in [1.807, 2.05) is 0 Å². The number of nitrogens with one attached hydrogen (secondary N) is 1. The van der Waals surface area contributed by atoms with Gasteiger partial charge in [0.1, 0.15) is 0 Å². The van der Waals surface area contributed by atoms with Crippen LogP contribution in [0.1, 0.15) is 38.7 Å². The first kappa shape index (κ1) is 15.4. The Morgan fingerprint density at radius 2 is 1.95 bits per heavy atom. The molecule has 2 nitrogen and oxygen atoms in total. The van der Waals surface area contributed by atoms with Gasteiger partial charge in [-0.25, -0.2) is 0 Å². The van der Waals surface area contributed by atoms with Crippen LogP contribution in [-0.4, -0.2) is 17.7 Å². The largest absolute Gasteiger partial charge is 0.352 e. The molecule has 1 fully saturated rings. The van der Waals surface area contributed by atoms with E-state index in [1.54, 1.807) is 11.8 Å². The Hall–Kier alpha value is -0.960. The monoisotopic (exact) mass is 291 g/mol. The molecule has 0 aliphatic heterocycles. The van der Waals surface area contributed by atoms with E-state index in [2.05, 4.69) is 50.4 Å². The topological polar surface area (TPSA) is 29.1 Å². The Morgan fingerprint density at radius 1 is 1.25 bits per heavy atom. The van der Waals surface area contributed by atoms with Gasteiger partial charge in [-0.05, 0) is 37.3 Å². The lowest BCUT2D eigenvalue weighted by Gasteiger charge is -2.34. The van der Waals surface area contributed by atoms with Crippen molar-refractivity contribution in [3.63, 3.8) is 0 Å². The second kappa shape index (κ2) is 7.16. The standard InChI is InChI=1S/C17H25NOS/c1-12-7-9-15(10-8-12)20-11-17(19)18-16-6-4-5-13(2)14(16)3/h7-10,13-14,16H,4-6,11H2,1-3H3,(H,18,19)/t13-,14+,16-/m1/s1. The van der Waals surface area contributed by atoms with Crippen LogP contribution in [0, 0.1) is 18.8 Å². The lowest BCUT2D eigenvalue weighted by molar-refractivity contribution is -0.119. The minimum absolute atomic E-state index is 0.168. The van der Waals surface area contributed by atoms with Gasteiger partial charge >= 0.3 is 0 Å². The number of carbonyl (C=O) groups is 1. The minimum Gasteiger partial charge on any atom is -0.352 e. The van der Waals surface area contributed by atoms with E-state index in [0.717, 1.165) is 17.2 Å². The first-order valence-electron chi connectivity index (χ1n) is 7.55. The highest BCUT2D eigenvalue weighted by Gasteiger charge is 2.27. The molecule has 0 heterocycles. The number of thioether (sulfide) groups is 1. The maximum absolute atomic E-state index is 12.1. The van der Waals surface area contributed by atoms with Gasteiger partial charge in [-0.15, -0.1) is 11.8 Å². The molecule has 3 heteroatoms. The summed E-state index contributed by atoms with van der Waals surface area (Å²) < 4.78 is 0. The van der Waals surface area contributed by atoms with E-state index in [0.29, 0.717) is 17.7 Å². The van der Waals surface area contributed by atoms with Gasteiger partial charge in [0, 0.05) is 10.9 Å². The van der Waals surface area contributed by atoms with E-state index in [4.69, 9.17) is 0 Å². The molecular formula is C17H25NOS. The number of hydrogen-bond acceptors (Lipinski definition) is 2. The summed E-state index contributed by atoms with van der Waals surface area (Å²) in [6.45, 7) is 6.64. The van der Waals surface area contributed by atoms with Crippen LogP contribution in [-0.2, 0) is 4.79 Å². The maximum Gasteiger partial charge on any atom is 0.230 e. The summed E-state index contributed by atoms with van der Waals surface area (Å²) in [7, 11) is 0. The van der Waals surface area contributed by atoms with E-state index < -0.39 is 0 Å². The van der Waals surface area contributed by atoms with Crippen molar-refractivity contribution in [2.45, 2.75) is 51.0 Å². The molecule has 1 aromatic rings. The SMILES string of the molecule is Cc1ccc(SCC(=O)N[C@@H]2CCC[C@@H](C)[C@@H]2C)cc1. The minimum atomic E-state index is 0.168. The van der Waals surface area contributed by atoms with E-state index >= 15 is 0 Å². The maximum atomic E-state index is 12.1. The summed E-state index contributed by atoms with van der Waals surface area (Å²) in [4.78, 5) is 13.2. The first-order chi connectivity index (χ1) is 9.56. The highest BCUT2D eigenvalue weighted by atomic mass is 32.2. The van der Waals surface area contributed by atoms with Gasteiger partial charge in [0.25, 0.3) is 0 Å². The van der Waals surface area contributed by atoms with Crippen molar-refractivity contribution in [3.8, 4) is 0 Å². The van der Waals surface area contributed by atoms with Crippen molar-refractivity contribution in [2.75, 3.05) is 5.75 Å². The molecule has 3 atom stereocenters. The number of carbonyl (C=O) groups excluding carboxylic acids is 1. The zero-order valence-corrected chi connectivity index (χ0v) is 13.5. The average Bonchev–Trinajstić information content (AvgIpc) is 2.43. The second-order valence-electron chi connectivity index (χ2n) is 6.04. The fraction of sp³-hybridized carbons (Fsp3) is 0.588. The summed E-state index contributed by atoms with van der Waals surface area (Å²) >= 11 is 1.62. The Balaban J connectivity index is 1.79. The normalized spacial score (nSPS) is 26.2. The van der Waals surface area contributed by atoms with Crippen molar-refractivity contribution >= 4 is 17.7 Å². The molecule has 0 aromatic heterocycles. The number of hydrogen-bond donors (Lipinski definition) is 1. The molecule has 20 heavy (non-hydrogen) atoms. The molecule has 0 saturated heterocycles. The second-order valence-corrected chi connectivity index (χ2v) is 7.09. The van der Waals surface area contributed by atoms with Crippen LogP contribution in [0.5, 0.6) is 0 Å². The Morgan fingerprint density at radius 3 is 2.65 bits per heavy atom. The number of rotatable bonds is 4. The molecule has 2 rings (SSSR count). The van der Waals surface area contributed by atoms with Gasteiger partial charge in [-0.3, -0.25) is 4.79 Å². The van der Waals surface area contributed by atoms with Gasteiger partial charge in [-0.1, -0.05) is 44.4 Å². The number of benzene rings is 1. The molecule has 0 radical (unpaired) electrons. The third kappa shape index (κ3) is 4.27. The highest BCUT2D eigenvalue weighted by Crippen LogP contribution is 2.29. The zero-order chi connectivity index (χ0) is 14.5. The van der Waals surface area contributed by atoms with Gasteiger partial charge in [0.2, 0.25) is 5.91 Å². The molecule has 0 spiro atoms. The van der Waals surface area contributed by atoms with E-state index in [1.165, 1.54) is 18.4 Å². The lowest BCUT2D eigenvalue weighted by Crippen LogP contribution is -2.44. The number of amides is 1. The Bertz CT molecular complexity index is 443. The molecule has 110 valence electrons. The van der Waals surface area contributed by atoms with Crippen LogP contribution in [0.2, 0.25) is 0 Å². The van der Waals surface area contributed by atoms with Gasteiger partial charge in [0.15, 0.2) is 0 Å². The molecule has 1 aromatic carbocycles. The smallest absolute Gasteiger partial charge is 0.230 e. The van der Waals surface area contributed by atoms with Crippen molar-refractivity contribution in [3.05, 3.63) is 29.8 Å². The summed E-state index contributed by atoms with van der Waals surface area (Å²) in [6.07, 6.45) is 3.67. The number of aryl methyl sites for hydroxylation is 1. The fourth-order valence-corrected chi connectivity index (χ4v) is 3.53. The van der Waals surface area contributed by atoms with Crippen LogP contribution in [0.15, 0.2) is 29.2 Å². The molecule has 0 unspecified atom stereocenters. The van der Waals surface area contributed by atoms with Crippen LogP contribution in [0.3, 0.4) is 0 Å². The van der Waals surface area contributed by atoms with E-state index in [-0.39, 0.29) is 5.91 Å². The molecule has 1 saturated carbocycles. The van der Waals surface area contributed by atoms with E-state index in [9.17, 15) is 4.79 Å². The highest BCUT2D eigenvalue weighted by molar-refractivity contribution is 8.00. The molecule has 1 N–H and O–H groups in total. The summed E-state index contributed by atoms with van der Waals surface area (Å²) in [5.41, 5.74) is 1.25. The molecule has 1 aliphatic rings. The molecule has 0 bridgehead atoms. The first-order valence-corrected chi connectivity index (χ1v) is 8.53. The fourth-order valence-electron chi connectivity index (χ4n) is 2.82. The van der Waals surface area contributed by atoms with Crippen LogP contribution < -0.4 is 5.32 Å². The average molecular weight is 291 g/mol. The van der Waals surface area contributed by atoms with Crippen molar-refractivity contribution < 1.29 is 4.79 Å². The van der Waals surface area contributed by atoms with Crippen LogP contribution >= 0.6 is 11.8 Å². The third-order valence-corrected chi connectivity index (χ3v) is 5.46. The summed E-state index contributed by atoms with van der Waals surface area (Å²) in [5.74, 6) is 2.00. The van der Waals surface area contributed by atoms with Crippen LogP contribution in [0.4, 0.5) is 0 Å². The Labute approximate surface area is 126 Å². The zero-order valence-electron chi connectivity index (χ0n) is 12.7. The van der Waals surface area contributed by atoms with Crippen LogP contribution in [0.25, 0.3) is 0 Å². The van der Waals surface area contributed by atoms with Gasteiger partial charge in [0.05, 0.1) is 5.75 Å². The quantitative estimate of drug-likeness (QED) is 0.849. The van der Waals surface area contributed by atoms with Gasteiger partial charge < -0.3 is 5.32 Å². The molecule has 1 aliphatic carbocycles. The summed E-state index contributed by atoms with van der Waals surface area (Å²) in [5, 5.41) is 3.22. The Kier molecular flexibility index (Phi) is 5.53. The van der Waals surface area contributed by atoms with Crippen molar-refractivity contribution in [1.82, 2.24) is 5.32 Å². The predicted molar refractivity (Wildman–Crippen MR) is 86.0 cm³/mol. The van der Waals surface area contributed by atoms with Gasteiger partial charge in [-0.2, -0.15) is 0 Å². The lowest BCUT2D eigenvalue weighted by atomic mass is 9.78. The van der Waals surface area contributed by atoms with Crippen molar-refractivity contribution in [1.29, 1.82) is 0 Å².